The van der Waals surface area contributed by atoms with Gasteiger partial charge in [-0.05, 0) is 12.1 Å². The van der Waals surface area contributed by atoms with Gasteiger partial charge in [0.05, 0.1) is 6.26 Å². The minimum atomic E-state index is -0.567. The lowest BCUT2D eigenvalue weighted by Gasteiger charge is -2.11. The van der Waals surface area contributed by atoms with Gasteiger partial charge in [0.15, 0.2) is 0 Å². The summed E-state index contributed by atoms with van der Waals surface area (Å²) in [7, 11) is 0. The first-order chi connectivity index (χ1) is 5.25. The zero-order valence-corrected chi connectivity index (χ0v) is 6.53. The van der Waals surface area contributed by atoms with E-state index in [0.717, 1.165) is 0 Å². The molecule has 1 aromatic rings. The highest BCUT2D eigenvalue weighted by Crippen LogP contribution is 2.22. The van der Waals surface area contributed by atoms with Gasteiger partial charge in [0.25, 0.3) is 0 Å². The molecule has 0 aliphatic carbocycles. The van der Waals surface area contributed by atoms with Crippen molar-refractivity contribution in [1.29, 1.82) is 0 Å². The monoisotopic (exact) mass is 152 g/mol. The highest BCUT2D eigenvalue weighted by molar-refractivity contribution is 5.04. The zero-order valence-electron chi connectivity index (χ0n) is 6.53. The summed E-state index contributed by atoms with van der Waals surface area (Å²) in [4.78, 5) is 0. The molecule has 0 fully saturated rings. The van der Waals surface area contributed by atoms with Crippen LogP contribution in [-0.2, 0) is 0 Å². The Morgan fingerprint density at radius 1 is 1.73 bits per heavy atom. The smallest absolute Gasteiger partial charge is 0.132 e. The van der Waals surface area contributed by atoms with E-state index in [1.165, 1.54) is 0 Å². The summed E-state index contributed by atoms with van der Waals surface area (Å²) < 4.78 is 5.02. The molecule has 1 aromatic heterocycles. The second-order valence-corrected chi connectivity index (χ2v) is 2.56. The van der Waals surface area contributed by atoms with Crippen LogP contribution in [0, 0.1) is 5.92 Å². The van der Waals surface area contributed by atoms with Crippen molar-refractivity contribution < 1.29 is 9.52 Å². The third-order valence-electron chi connectivity index (χ3n) is 1.70. The standard InChI is InChI=1S/C9H12O2/c1-3-7(2)9(10)8-5-4-6-11-8/h3-7,9-10H,1H2,2H3. The second kappa shape index (κ2) is 3.39. The molecule has 0 spiro atoms. The molecule has 0 saturated carbocycles. The molecule has 1 rings (SSSR count). The molecule has 11 heavy (non-hydrogen) atoms. The zero-order chi connectivity index (χ0) is 8.27. The van der Waals surface area contributed by atoms with Crippen molar-refractivity contribution >= 4 is 0 Å². The lowest BCUT2D eigenvalue weighted by atomic mass is 10.0. The van der Waals surface area contributed by atoms with Crippen LogP contribution in [0.3, 0.4) is 0 Å². The van der Waals surface area contributed by atoms with Gasteiger partial charge >= 0.3 is 0 Å². The molecule has 60 valence electrons. The Morgan fingerprint density at radius 2 is 2.45 bits per heavy atom. The molecule has 0 aliphatic rings. The molecular weight excluding hydrogens is 140 g/mol. The Bertz CT molecular complexity index is 213. The lowest BCUT2D eigenvalue weighted by Crippen LogP contribution is -2.04. The summed E-state index contributed by atoms with van der Waals surface area (Å²) in [5, 5.41) is 9.51. The summed E-state index contributed by atoms with van der Waals surface area (Å²) in [6.45, 7) is 5.48. The van der Waals surface area contributed by atoms with Crippen LogP contribution in [0.5, 0.6) is 0 Å². The maximum atomic E-state index is 9.51. The summed E-state index contributed by atoms with van der Waals surface area (Å²) in [5.41, 5.74) is 0. The summed E-state index contributed by atoms with van der Waals surface area (Å²) in [5.74, 6) is 0.624. The summed E-state index contributed by atoms with van der Waals surface area (Å²) in [6, 6.07) is 3.51. The fourth-order valence-electron chi connectivity index (χ4n) is 0.848. The average molecular weight is 152 g/mol. The molecule has 0 aromatic carbocycles. The molecule has 0 saturated heterocycles. The van der Waals surface area contributed by atoms with Crippen molar-refractivity contribution in [2.24, 2.45) is 5.92 Å². The van der Waals surface area contributed by atoms with Crippen molar-refractivity contribution in [1.82, 2.24) is 0 Å². The van der Waals surface area contributed by atoms with Crippen molar-refractivity contribution in [3.8, 4) is 0 Å². The average Bonchev–Trinajstić information content (AvgIpc) is 2.53. The van der Waals surface area contributed by atoms with Gasteiger partial charge in [-0.1, -0.05) is 13.0 Å². The predicted octanol–water partition coefficient (Wildman–Crippen LogP) is 2.14. The maximum absolute atomic E-state index is 9.51. The van der Waals surface area contributed by atoms with Gasteiger partial charge in [-0.3, -0.25) is 0 Å². The Kier molecular flexibility index (Phi) is 2.49. The normalized spacial score (nSPS) is 15.8. The van der Waals surface area contributed by atoms with Crippen LogP contribution >= 0.6 is 0 Å². The number of aliphatic hydroxyl groups excluding tert-OH is 1. The Balaban J connectivity index is 2.69. The number of hydrogen-bond donors (Lipinski definition) is 1. The second-order valence-electron chi connectivity index (χ2n) is 2.56. The molecule has 0 aliphatic heterocycles. The molecule has 0 bridgehead atoms. The van der Waals surface area contributed by atoms with Gasteiger partial charge in [0.1, 0.15) is 11.9 Å². The lowest BCUT2D eigenvalue weighted by molar-refractivity contribution is 0.114. The van der Waals surface area contributed by atoms with Gasteiger partial charge in [0, 0.05) is 5.92 Å². The SMILES string of the molecule is C=CC(C)C(O)c1ccco1. The van der Waals surface area contributed by atoms with E-state index in [1.807, 2.05) is 6.92 Å². The highest BCUT2D eigenvalue weighted by atomic mass is 16.4. The molecule has 2 nitrogen and oxygen atoms in total. The van der Waals surface area contributed by atoms with Crippen molar-refractivity contribution in [2.75, 3.05) is 0 Å². The minimum absolute atomic E-state index is 0.0288. The number of aliphatic hydroxyl groups is 1. The van der Waals surface area contributed by atoms with Crippen LogP contribution < -0.4 is 0 Å². The molecular formula is C9H12O2. The predicted molar refractivity (Wildman–Crippen MR) is 43.0 cm³/mol. The van der Waals surface area contributed by atoms with Crippen LogP contribution in [0.15, 0.2) is 35.5 Å². The topological polar surface area (TPSA) is 33.4 Å². The van der Waals surface area contributed by atoms with Gasteiger partial charge in [-0.15, -0.1) is 6.58 Å². The van der Waals surface area contributed by atoms with E-state index in [2.05, 4.69) is 6.58 Å². The van der Waals surface area contributed by atoms with E-state index in [4.69, 9.17) is 4.42 Å². The fourth-order valence-corrected chi connectivity index (χ4v) is 0.848. The first-order valence-electron chi connectivity index (χ1n) is 3.59. The van der Waals surface area contributed by atoms with Gasteiger partial charge < -0.3 is 9.52 Å². The van der Waals surface area contributed by atoms with E-state index in [0.29, 0.717) is 5.76 Å². The van der Waals surface area contributed by atoms with Crippen LogP contribution in [-0.4, -0.2) is 5.11 Å². The molecule has 0 amide bonds. The quantitative estimate of drug-likeness (QED) is 0.673. The van der Waals surface area contributed by atoms with Gasteiger partial charge in [-0.25, -0.2) is 0 Å². The number of hydrogen-bond acceptors (Lipinski definition) is 2. The van der Waals surface area contributed by atoms with E-state index in [1.54, 1.807) is 24.5 Å². The van der Waals surface area contributed by atoms with E-state index in [9.17, 15) is 5.11 Å². The van der Waals surface area contributed by atoms with E-state index < -0.39 is 6.10 Å². The van der Waals surface area contributed by atoms with Crippen LogP contribution in [0.2, 0.25) is 0 Å². The maximum Gasteiger partial charge on any atom is 0.132 e. The molecule has 2 heteroatoms. The Hall–Kier alpha value is -1.02. The van der Waals surface area contributed by atoms with Crippen molar-refractivity contribution in [3.05, 3.63) is 36.8 Å². The summed E-state index contributed by atoms with van der Waals surface area (Å²) in [6.07, 6.45) is 2.68. The van der Waals surface area contributed by atoms with E-state index >= 15 is 0 Å². The number of furan rings is 1. The van der Waals surface area contributed by atoms with Crippen LogP contribution in [0.25, 0.3) is 0 Å². The first-order valence-corrected chi connectivity index (χ1v) is 3.59. The molecule has 1 N–H and O–H groups in total. The molecule has 2 unspecified atom stereocenters. The third-order valence-corrected chi connectivity index (χ3v) is 1.70. The summed E-state index contributed by atoms with van der Waals surface area (Å²) >= 11 is 0. The highest BCUT2D eigenvalue weighted by Gasteiger charge is 2.15. The minimum Gasteiger partial charge on any atom is -0.467 e. The fraction of sp³-hybridized carbons (Fsp3) is 0.333. The molecule has 0 radical (unpaired) electrons. The van der Waals surface area contributed by atoms with Crippen molar-refractivity contribution in [2.45, 2.75) is 13.0 Å². The van der Waals surface area contributed by atoms with Gasteiger partial charge in [0.2, 0.25) is 0 Å². The van der Waals surface area contributed by atoms with Crippen LogP contribution in [0.4, 0.5) is 0 Å². The first kappa shape index (κ1) is 8.08. The third kappa shape index (κ3) is 1.71. The largest absolute Gasteiger partial charge is 0.467 e. The molecule has 2 atom stereocenters. The Labute approximate surface area is 66.2 Å². The number of rotatable bonds is 3. The Morgan fingerprint density at radius 3 is 2.91 bits per heavy atom. The van der Waals surface area contributed by atoms with Gasteiger partial charge in [-0.2, -0.15) is 0 Å². The van der Waals surface area contributed by atoms with Crippen LogP contribution in [0.1, 0.15) is 18.8 Å². The molecule has 1 heterocycles. The van der Waals surface area contributed by atoms with E-state index in [-0.39, 0.29) is 5.92 Å². The van der Waals surface area contributed by atoms with Crippen molar-refractivity contribution in [3.63, 3.8) is 0 Å².